The van der Waals surface area contributed by atoms with Gasteiger partial charge in [-0.2, -0.15) is 0 Å². The second kappa shape index (κ2) is 10.4. The molecular weight excluding hydrogens is 422 g/mol. The van der Waals surface area contributed by atoms with Crippen molar-refractivity contribution in [2.45, 2.75) is 33.7 Å². The van der Waals surface area contributed by atoms with Gasteiger partial charge in [0.2, 0.25) is 0 Å². The number of ether oxygens (including phenoxy) is 1. The van der Waals surface area contributed by atoms with Crippen LogP contribution in [0.1, 0.15) is 49.7 Å². The van der Waals surface area contributed by atoms with Crippen LogP contribution >= 0.6 is 12.2 Å². The molecule has 2 aromatic rings. The Morgan fingerprint density at radius 3 is 2.38 bits per heavy atom. The van der Waals surface area contributed by atoms with E-state index in [9.17, 15) is 9.59 Å². The summed E-state index contributed by atoms with van der Waals surface area (Å²) in [6.45, 7) is 8.88. The minimum atomic E-state index is -0.427. The molecule has 0 radical (unpaired) electrons. The summed E-state index contributed by atoms with van der Waals surface area (Å²) in [7, 11) is 0. The molecule has 0 saturated heterocycles. The highest BCUT2D eigenvalue weighted by atomic mass is 32.1. The Labute approximate surface area is 194 Å². The van der Waals surface area contributed by atoms with Gasteiger partial charge in [0.25, 0.3) is 5.91 Å². The molecule has 1 atom stereocenters. The van der Waals surface area contributed by atoms with Gasteiger partial charge in [-0.3, -0.25) is 4.79 Å². The molecule has 0 aliphatic carbocycles. The first kappa shape index (κ1) is 23.5. The van der Waals surface area contributed by atoms with Crippen LogP contribution in [0.2, 0.25) is 0 Å². The topological polar surface area (TPSA) is 70.7 Å². The summed E-state index contributed by atoms with van der Waals surface area (Å²) < 4.78 is 5.55. The average Bonchev–Trinajstić information content (AvgIpc) is 2.78. The summed E-state index contributed by atoms with van der Waals surface area (Å²) in [5, 5.41) is 6.74. The van der Waals surface area contributed by atoms with Crippen molar-refractivity contribution in [2.24, 2.45) is 5.92 Å². The number of hydrogen-bond acceptors (Lipinski definition) is 4. The van der Waals surface area contributed by atoms with Crippen molar-refractivity contribution in [2.75, 3.05) is 18.5 Å². The van der Waals surface area contributed by atoms with Crippen LogP contribution < -0.4 is 10.6 Å². The largest absolute Gasteiger partial charge is 0.462 e. The molecule has 0 fully saturated rings. The Hall–Kier alpha value is -3.19. The molecule has 32 heavy (non-hydrogen) atoms. The van der Waals surface area contributed by atoms with Crippen molar-refractivity contribution in [3.05, 3.63) is 77.0 Å². The quantitative estimate of drug-likeness (QED) is 0.471. The van der Waals surface area contributed by atoms with Gasteiger partial charge < -0.3 is 20.3 Å². The smallest absolute Gasteiger partial charge is 0.338 e. The maximum absolute atomic E-state index is 13.0. The van der Waals surface area contributed by atoms with E-state index in [1.807, 2.05) is 75.1 Å². The first-order valence-electron chi connectivity index (χ1n) is 10.7. The number of thiocarbonyl (C=S) groups is 1. The van der Waals surface area contributed by atoms with Gasteiger partial charge >= 0.3 is 5.97 Å². The molecule has 7 heteroatoms. The molecule has 1 aliphatic heterocycles. The maximum Gasteiger partial charge on any atom is 0.338 e. The summed E-state index contributed by atoms with van der Waals surface area (Å²) in [6, 6.07) is 16.0. The van der Waals surface area contributed by atoms with Gasteiger partial charge in [0.1, 0.15) is 0 Å². The van der Waals surface area contributed by atoms with Crippen molar-refractivity contribution >= 4 is 34.9 Å². The van der Waals surface area contributed by atoms with Crippen molar-refractivity contribution in [1.82, 2.24) is 10.2 Å². The molecule has 2 N–H and O–H groups in total. The molecule has 1 heterocycles. The zero-order valence-corrected chi connectivity index (χ0v) is 19.7. The van der Waals surface area contributed by atoms with E-state index < -0.39 is 6.04 Å². The van der Waals surface area contributed by atoms with Gasteiger partial charge in [-0.1, -0.05) is 44.2 Å². The summed E-state index contributed by atoms with van der Waals surface area (Å²) in [4.78, 5) is 27.3. The fourth-order valence-corrected chi connectivity index (χ4v) is 3.93. The number of esters is 1. The normalized spacial score (nSPS) is 16.1. The van der Waals surface area contributed by atoms with Crippen molar-refractivity contribution < 1.29 is 14.3 Å². The van der Waals surface area contributed by atoms with E-state index in [-0.39, 0.29) is 17.8 Å². The van der Waals surface area contributed by atoms with E-state index in [2.05, 4.69) is 10.6 Å². The van der Waals surface area contributed by atoms with Gasteiger partial charge in [0.05, 0.1) is 18.2 Å². The van der Waals surface area contributed by atoms with Crippen LogP contribution in [0.5, 0.6) is 0 Å². The van der Waals surface area contributed by atoms with Crippen LogP contribution in [-0.2, 0) is 9.53 Å². The molecule has 1 aliphatic rings. The predicted octanol–water partition coefficient (Wildman–Crippen LogP) is 4.66. The Morgan fingerprint density at radius 1 is 1.12 bits per heavy atom. The van der Waals surface area contributed by atoms with E-state index in [1.165, 1.54) is 0 Å². The molecule has 2 aromatic carbocycles. The van der Waals surface area contributed by atoms with Crippen LogP contribution in [0.4, 0.5) is 5.69 Å². The van der Waals surface area contributed by atoms with E-state index in [4.69, 9.17) is 17.0 Å². The minimum absolute atomic E-state index is 0.178. The van der Waals surface area contributed by atoms with E-state index in [1.54, 1.807) is 12.1 Å². The Balaban J connectivity index is 1.85. The minimum Gasteiger partial charge on any atom is -0.462 e. The fraction of sp³-hybridized carbons (Fsp3) is 0.320. The highest BCUT2D eigenvalue weighted by Gasteiger charge is 2.34. The number of anilines is 1. The lowest BCUT2D eigenvalue weighted by atomic mass is 9.94. The zero-order valence-electron chi connectivity index (χ0n) is 18.8. The Morgan fingerprint density at radius 2 is 1.78 bits per heavy atom. The Bertz CT molecular complexity index is 1020. The van der Waals surface area contributed by atoms with Gasteiger partial charge in [0, 0.05) is 23.5 Å². The molecule has 3 rings (SSSR count). The summed E-state index contributed by atoms with van der Waals surface area (Å²) in [5.41, 5.74) is 3.44. The maximum atomic E-state index is 13.0. The van der Waals surface area contributed by atoms with Crippen LogP contribution in [0, 0.1) is 5.92 Å². The molecule has 1 unspecified atom stereocenters. The van der Waals surface area contributed by atoms with Gasteiger partial charge in [-0.05, 0) is 61.8 Å². The summed E-state index contributed by atoms with van der Waals surface area (Å²) >= 11 is 5.53. The van der Waals surface area contributed by atoms with Gasteiger partial charge in [0.15, 0.2) is 5.11 Å². The number of nitrogens with one attached hydrogen (secondary N) is 2. The number of nitrogens with zero attached hydrogens (tertiary/aromatic N) is 1. The lowest BCUT2D eigenvalue weighted by molar-refractivity contribution is -0.140. The number of benzene rings is 2. The Kier molecular flexibility index (Phi) is 7.64. The fourth-order valence-electron chi connectivity index (χ4n) is 3.55. The van der Waals surface area contributed by atoms with Crippen molar-refractivity contribution in [3.8, 4) is 0 Å². The molecule has 0 saturated carbocycles. The third kappa shape index (κ3) is 5.34. The van der Waals surface area contributed by atoms with E-state index in [0.29, 0.717) is 35.1 Å². The second-order valence-corrected chi connectivity index (χ2v) is 8.45. The number of carbonyl (C=O) groups is 2. The lowest BCUT2D eigenvalue weighted by Gasteiger charge is -2.37. The second-order valence-electron chi connectivity index (χ2n) is 8.06. The van der Waals surface area contributed by atoms with Crippen molar-refractivity contribution in [3.63, 3.8) is 0 Å². The third-order valence-corrected chi connectivity index (χ3v) is 5.56. The number of allylic oxidation sites excluding steroid dienone is 1. The highest BCUT2D eigenvalue weighted by Crippen LogP contribution is 2.32. The van der Waals surface area contributed by atoms with Crippen LogP contribution in [-0.4, -0.2) is 35.0 Å². The van der Waals surface area contributed by atoms with Gasteiger partial charge in [-0.25, -0.2) is 4.79 Å². The zero-order chi connectivity index (χ0) is 23.3. The summed E-state index contributed by atoms with van der Waals surface area (Å²) in [5.74, 6) is -0.288. The molecule has 0 bridgehead atoms. The standard InChI is InChI=1S/C25H29N3O3S/c1-5-28-17(4)21(24(30)31-15-16(2)3)22(27-25(28)32)18-11-13-20(14-12-18)26-23(29)19-9-7-6-8-10-19/h6-14,16,22H,5,15H2,1-4H3,(H,26,29)(H,27,32). The third-order valence-electron chi connectivity index (χ3n) is 5.22. The van der Waals surface area contributed by atoms with Crippen LogP contribution in [0.3, 0.4) is 0 Å². The molecule has 168 valence electrons. The molecule has 0 spiro atoms. The lowest BCUT2D eigenvalue weighted by Crippen LogP contribution is -2.47. The predicted molar refractivity (Wildman–Crippen MR) is 130 cm³/mol. The van der Waals surface area contributed by atoms with E-state index >= 15 is 0 Å². The van der Waals surface area contributed by atoms with Gasteiger partial charge in [-0.15, -0.1) is 0 Å². The SMILES string of the molecule is CCN1C(=S)NC(c2ccc(NC(=O)c3ccccc3)cc2)C(C(=O)OCC(C)C)=C1C. The number of hydrogen-bond donors (Lipinski definition) is 2. The van der Waals surface area contributed by atoms with Crippen LogP contribution in [0.15, 0.2) is 65.9 Å². The first-order valence-corrected chi connectivity index (χ1v) is 11.1. The highest BCUT2D eigenvalue weighted by molar-refractivity contribution is 7.80. The van der Waals surface area contributed by atoms with Crippen molar-refractivity contribution in [1.29, 1.82) is 0 Å². The number of carbonyl (C=O) groups excluding carboxylic acids is 2. The average molecular weight is 452 g/mol. The number of rotatable bonds is 7. The van der Waals surface area contributed by atoms with E-state index in [0.717, 1.165) is 11.3 Å². The monoisotopic (exact) mass is 451 g/mol. The molecule has 6 nitrogen and oxygen atoms in total. The number of amides is 1. The molecule has 0 aromatic heterocycles. The summed E-state index contributed by atoms with van der Waals surface area (Å²) in [6.07, 6.45) is 0. The first-order chi connectivity index (χ1) is 15.3. The molecular formula is C25H29N3O3S. The molecule has 1 amide bonds. The van der Waals surface area contributed by atoms with Crippen LogP contribution in [0.25, 0.3) is 0 Å².